The first kappa shape index (κ1) is 25.2. The van der Waals surface area contributed by atoms with Crippen LogP contribution in [0.5, 0.6) is 0 Å². The molecule has 0 N–H and O–H groups in total. The first-order chi connectivity index (χ1) is 13.6. The van der Waals surface area contributed by atoms with Gasteiger partial charge in [0.1, 0.15) is 0 Å². The second kappa shape index (κ2) is 12.7. The zero-order valence-electron chi connectivity index (χ0n) is 16.5. The zero-order chi connectivity index (χ0) is 19.9. The topological polar surface area (TPSA) is 0 Å². The van der Waals surface area contributed by atoms with E-state index in [9.17, 15) is 0 Å². The van der Waals surface area contributed by atoms with Crippen LogP contribution in [0.1, 0.15) is 36.8 Å². The molecular weight excluding hydrogens is 528 g/mol. The molecule has 0 bridgehead atoms. The molecule has 4 rings (SSSR count). The van der Waals surface area contributed by atoms with Gasteiger partial charge in [0, 0.05) is 28.9 Å². The summed E-state index contributed by atoms with van der Waals surface area (Å²) in [4.78, 5) is 2.41. The average molecular weight is 552 g/mol. The molecule has 3 heteroatoms. The molecule has 0 nitrogen and oxygen atoms in total. The Kier molecular flexibility index (Phi) is 11.0. The third kappa shape index (κ3) is 6.96. The van der Waals surface area contributed by atoms with Crippen LogP contribution in [0.3, 0.4) is 0 Å². The van der Waals surface area contributed by atoms with Crippen LogP contribution >= 0.6 is 31.9 Å². The second-order valence-corrected chi connectivity index (χ2v) is 8.63. The van der Waals surface area contributed by atoms with E-state index in [1.54, 1.807) is 0 Å². The van der Waals surface area contributed by atoms with Crippen LogP contribution < -0.4 is 0 Å². The summed E-state index contributed by atoms with van der Waals surface area (Å²) in [7, 11) is 0. The van der Waals surface area contributed by atoms with E-state index in [-0.39, 0.29) is 17.1 Å². The quantitative estimate of drug-likeness (QED) is 0.340. The Balaban J connectivity index is 0.000000200. The van der Waals surface area contributed by atoms with E-state index in [0.717, 1.165) is 0 Å². The Labute approximate surface area is 205 Å². The van der Waals surface area contributed by atoms with Crippen LogP contribution in [0, 0.1) is 60.0 Å². The maximum atomic E-state index is 3.56. The number of halogens is 2. The molecule has 0 aliphatic heterocycles. The van der Waals surface area contributed by atoms with Crippen molar-refractivity contribution < 1.29 is 17.1 Å². The van der Waals surface area contributed by atoms with Gasteiger partial charge in [-0.05, 0) is 61.5 Å². The summed E-state index contributed by atoms with van der Waals surface area (Å²) in [5, 5.41) is 0. The Morgan fingerprint density at radius 2 is 0.897 bits per heavy atom. The fourth-order valence-electron chi connectivity index (χ4n) is 3.37. The molecule has 2 fully saturated rings. The molecule has 10 radical (unpaired) electrons. The first-order valence-corrected chi connectivity index (χ1v) is 11.1. The molecule has 0 spiro atoms. The molecule has 2 aromatic carbocycles. The van der Waals surface area contributed by atoms with Gasteiger partial charge in [-0.25, -0.2) is 0 Å². The van der Waals surface area contributed by atoms with Crippen molar-refractivity contribution in [2.75, 3.05) is 0 Å². The minimum absolute atomic E-state index is 0. The fraction of sp³-hybridized carbons (Fsp3) is 0.154. The van der Waals surface area contributed by atoms with E-state index >= 15 is 0 Å². The number of benzene rings is 2. The monoisotopic (exact) mass is 550 g/mol. The van der Waals surface area contributed by atoms with Crippen molar-refractivity contribution in [3.8, 4) is 0 Å². The van der Waals surface area contributed by atoms with Crippen molar-refractivity contribution in [3.05, 3.63) is 132 Å². The van der Waals surface area contributed by atoms with Gasteiger partial charge in [-0.3, -0.25) is 0 Å². The largest absolute Gasteiger partial charge is 0.0828 e. The molecule has 29 heavy (non-hydrogen) atoms. The summed E-state index contributed by atoms with van der Waals surface area (Å²) in [6.45, 7) is 4.46. The molecule has 0 unspecified atom stereocenters. The Morgan fingerprint density at radius 3 is 1.17 bits per heavy atom. The standard InChI is InChI=1S/2C13H12Br.Fe/c2*1-10(11-6-3-2-4-7-11)12-8-5-9-13(12)14;/h2*2-10H,1H3;/t2*10-;/m11./s1. The summed E-state index contributed by atoms with van der Waals surface area (Å²) in [5.74, 6) is 3.63. The normalized spacial score (nSPS) is 20.6. The van der Waals surface area contributed by atoms with Crippen molar-refractivity contribution in [2.24, 2.45) is 0 Å². The van der Waals surface area contributed by atoms with Crippen LogP contribution in [0.15, 0.2) is 60.7 Å². The van der Waals surface area contributed by atoms with Crippen molar-refractivity contribution >= 4 is 31.9 Å². The first-order valence-electron chi connectivity index (χ1n) is 9.50. The van der Waals surface area contributed by atoms with Gasteiger partial charge < -0.3 is 0 Å². The van der Waals surface area contributed by atoms with Crippen LogP contribution in [0.4, 0.5) is 0 Å². The van der Waals surface area contributed by atoms with Crippen LogP contribution in [-0.2, 0) is 17.1 Å². The van der Waals surface area contributed by atoms with Gasteiger partial charge in [0.2, 0.25) is 0 Å². The van der Waals surface area contributed by atoms with Gasteiger partial charge >= 0.3 is 0 Å². The second-order valence-electron chi connectivity index (χ2n) is 6.92. The van der Waals surface area contributed by atoms with E-state index < -0.39 is 0 Å². The zero-order valence-corrected chi connectivity index (χ0v) is 20.8. The maximum Gasteiger partial charge on any atom is 0.0524 e. The molecule has 0 aromatic heterocycles. The predicted molar refractivity (Wildman–Crippen MR) is 126 cm³/mol. The molecule has 2 aromatic rings. The van der Waals surface area contributed by atoms with E-state index in [1.807, 2.05) is 0 Å². The molecule has 0 amide bonds. The summed E-state index contributed by atoms with van der Waals surface area (Å²) in [6.07, 6.45) is 12.7. The van der Waals surface area contributed by atoms with Crippen molar-refractivity contribution in [2.45, 2.75) is 25.7 Å². The van der Waals surface area contributed by atoms with Crippen LogP contribution in [-0.4, -0.2) is 0 Å². The summed E-state index contributed by atoms with van der Waals surface area (Å²) in [5.41, 5.74) is 2.72. The molecule has 2 atom stereocenters. The number of hydrogen-bond acceptors (Lipinski definition) is 0. The molecule has 2 saturated carbocycles. The SMILES string of the molecule is C[C@@H]([C]1[CH][CH][CH][C]1Br)c1ccccc1.C[C@@H]([C]1[CH][CH][CH][C]1Br)c1ccccc1.[Fe]. The number of hydrogen-bond donors (Lipinski definition) is 0. The Morgan fingerprint density at radius 1 is 0.552 bits per heavy atom. The van der Waals surface area contributed by atoms with E-state index in [2.05, 4.69) is 145 Å². The van der Waals surface area contributed by atoms with Gasteiger partial charge in [0.15, 0.2) is 0 Å². The van der Waals surface area contributed by atoms with Gasteiger partial charge in [0.25, 0.3) is 0 Å². The maximum absolute atomic E-state index is 3.56. The summed E-state index contributed by atoms with van der Waals surface area (Å²) in [6, 6.07) is 21.1. The van der Waals surface area contributed by atoms with Gasteiger partial charge in [-0.1, -0.05) is 106 Å². The smallest absolute Gasteiger partial charge is 0.0524 e. The van der Waals surface area contributed by atoms with Crippen LogP contribution in [0.2, 0.25) is 0 Å². The molecule has 2 aliphatic rings. The molecule has 150 valence electrons. The van der Waals surface area contributed by atoms with E-state index in [4.69, 9.17) is 0 Å². The van der Waals surface area contributed by atoms with Crippen molar-refractivity contribution in [1.82, 2.24) is 0 Å². The third-order valence-electron chi connectivity index (χ3n) is 5.12. The third-order valence-corrected chi connectivity index (χ3v) is 6.56. The van der Waals surface area contributed by atoms with Crippen molar-refractivity contribution in [1.29, 1.82) is 0 Å². The van der Waals surface area contributed by atoms with Gasteiger partial charge in [-0.2, -0.15) is 0 Å². The average Bonchev–Trinajstić information content (AvgIpc) is 3.37. The summed E-state index contributed by atoms with van der Waals surface area (Å²) >= 11 is 7.13. The molecule has 0 saturated heterocycles. The Bertz CT molecular complexity index is 629. The number of rotatable bonds is 4. The fourth-order valence-corrected chi connectivity index (χ4v) is 4.63. The minimum Gasteiger partial charge on any atom is -0.0828 e. The van der Waals surface area contributed by atoms with E-state index in [0.29, 0.717) is 11.8 Å². The molecule has 2 aliphatic carbocycles. The molecule has 0 heterocycles. The summed E-state index contributed by atoms with van der Waals surface area (Å²) < 4.78 is 0. The van der Waals surface area contributed by atoms with Gasteiger partial charge in [0.05, 0.1) is 9.65 Å². The van der Waals surface area contributed by atoms with E-state index in [1.165, 1.54) is 32.6 Å². The Hall–Kier alpha value is -0.0805. The minimum atomic E-state index is 0. The molecular formula is C26H24Br2Fe. The van der Waals surface area contributed by atoms with Crippen LogP contribution in [0.25, 0.3) is 0 Å². The predicted octanol–water partition coefficient (Wildman–Crippen LogP) is 7.83. The van der Waals surface area contributed by atoms with Gasteiger partial charge in [-0.15, -0.1) is 0 Å². The van der Waals surface area contributed by atoms with Crippen molar-refractivity contribution in [3.63, 3.8) is 0 Å².